The fourth-order valence-electron chi connectivity index (χ4n) is 2.20. The van der Waals surface area contributed by atoms with Gasteiger partial charge in [0.05, 0.1) is 5.70 Å². The Morgan fingerprint density at radius 2 is 1.50 bits per heavy atom. The maximum Gasteiger partial charge on any atom is 0.100 e. The van der Waals surface area contributed by atoms with Gasteiger partial charge in [-0.1, -0.05) is 60.7 Å². The van der Waals surface area contributed by atoms with Crippen LogP contribution >= 0.6 is 0 Å². The molecule has 0 saturated carbocycles. The topological polar surface area (TPSA) is 24.1 Å². The van der Waals surface area contributed by atoms with E-state index >= 15 is 0 Å². The Hall–Kier alpha value is -2.22. The Balaban J connectivity index is 1.65. The van der Waals surface area contributed by atoms with Crippen molar-refractivity contribution in [1.29, 1.82) is 0 Å². The van der Waals surface area contributed by atoms with Crippen molar-refractivity contribution in [3.05, 3.63) is 78.0 Å². The monoisotopic (exact) mass is 236 g/mol. The van der Waals surface area contributed by atoms with Crippen LogP contribution in [0.15, 0.2) is 66.9 Å². The molecule has 0 fully saturated rings. The van der Waals surface area contributed by atoms with Crippen LogP contribution in [0.4, 0.5) is 0 Å². The first-order valence-corrected chi connectivity index (χ1v) is 6.24. The van der Waals surface area contributed by atoms with Gasteiger partial charge in [-0.25, -0.2) is 0 Å². The molecule has 2 aromatic carbocycles. The highest BCUT2D eigenvalue weighted by atomic mass is 15.2. The van der Waals surface area contributed by atoms with E-state index in [1.165, 1.54) is 11.1 Å². The molecule has 2 N–H and O–H groups in total. The summed E-state index contributed by atoms with van der Waals surface area (Å²) in [4.78, 5) is 0. The van der Waals surface area contributed by atoms with Crippen molar-refractivity contribution >= 4 is 5.70 Å². The van der Waals surface area contributed by atoms with Gasteiger partial charge in [-0.2, -0.15) is 0 Å². The molecular weight excluding hydrogens is 220 g/mol. The van der Waals surface area contributed by atoms with Gasteiger partial charge in [0.15, 0.2) is 0 Å². The van der Waals surface area contributed by atoms with Crippen molar-refractivity contribution in [2.75, 3.05) is 0 Å². The normalized spacial score (nSPS) is 17.8. The lowest BCUT2D eigenvalue weighted by molar-refractivity contribution is 0.573. The lowest BCUT2D eigenvalue weighted by Gasteiger charge is -2.14. The highest BCUT2D eigenvalue weighted by Gasteiger charge is 2.15. The second kappa shape index (κ2) is 4.96. The van der Waals surface area contributed by atoms with E-state index in [-0.39, 0.29) is 6.17 Å². The van der Waals surface area contributed by atoms with E-state index in [2.05, 4.69) is 65.4 Å². The third-order valence-corrected chi connectivity index (χ3v) is 3.13. The van der Waals surface area contributed by atoms with Gasteiger partial charge in [0.2, 0.25) is 0 Å². The van der Waals surface area contributed by atoms with Crippen molar-refractivity contribution in [1.82, 2.24) is 10.6 Å². The van der Waals surface area contributed by atoms with Gasteiger partial charge in [0.1, 0.15) is 6.17 Å². The van der Waals surface area contributed by atoms with Crippen LogP contribution in [0, 0.1) is 0 Å². The molecule has 2 aromatic rings. The number of benzene rings is 2. The molecule has 90 valence electrons. The SMILES string of the molecule is C1=C(c2ccccc2)NC(Cc2ccccc2)N1. The molecule has 18 heavy (non-hydrogen) atoms. The molecular formula is C16H16N2. The Labute approximate surface area is 107 Å². The number of hydrogen-bond acceptors (Lipinski definition) is 2. The molecule has 1 unspecified atom stereocenters. The van der Waals surface area contributed by atoms with Crippen molar-refractivity contribution in [2.24, 2.45) is 0 Å². The van der Waals surface area contributed by atoms with Gasteiger partial charge in [-0.05, 0) is 11.1 Å². The second-order valence-corrected chi connectivity index (χ2v) is 4.48. The predicted octanol–water partition coefficient (Wildman–Crippen LogP) is 2.75. The molecule has 0 spiro atoms. The average Bonchev–Trinajstić information content (AvgIpc) is 2.89. The maximum absolute atomic E-state index is 3.51. The smallest absolute Gasteiger partial charge is 0.100 e. The Bertz CT molecular complexity index is 532. The average molecular weight is 236 g/mol. The predicted molar refractivity (Wildman–Crippen MR) is 74.6 cm³/mol. The summed E-state index contributed by atoms with van der Waals surface area (Å²) in [7, 11) is 0. The van der Waals surface area contributed by atoms with E-state index in [0.717, 1.165) is 12.1 Å². The fraction of sp³-hybridized carbons (Fsp3) is 0.125. The lowest BCUT2D eigenvalue weighted by atomic mass is 10.1. The minimum Gasteiger partial charge on any atom is -0.369 e. The molecule has 1 aliphatic rings. The maximum atomic E-state index is 3.51. The van der Waals surface area contributed by atoms with Gasteiger partial charge in [0, 0.05) is 12.6 Å². The minimum atomic E-state index is 0.280. The van der Waals surface area contributed by atoms with Crippen LogP contribution in [0.2, 0.25) is 0 Å². The zero-order valence-corrected chi connectivity index (χ0v) is 10.1. The van der Waals surface area contributed by atoms with Gasteiger partial charge in [0.25, 0.3) is 0 Å². The molecule has 2 heteroatoms. The van der Waals surface area contributed by atoms with Gasteiger partial charge >= 0.3 is 0 Å². The standard InChI is InChI=1S/C16H16N2/c1-3-7-13(8-4-1)11-16-17-12-15(18-16)14-9-5-2-6-10-14/h1-10,12,16-18H,11H2. The van der Waals surface area contributed by atoms with Crippen molar-refractivity contribution in [3.8, 4) is 0 Å². The molecule has 2 nitrogen and oxygen atoms in total. The number of hydrogen-bond donors (Lipinski definition) is 2. The summed E-state index contributed by atoms with van der Waals surface area (Å²) in [5, 5.41) is 6.89. The number of nitrogens with one attached hydrogen (secondary N) is 2. The summed E-state index contributed by atoms with van der Waals surface area (Å²) in [5.41, 5.74) is 3.72. The van der Waals surface area contributed by atoms with Crippen molar-refractivity contribution in [2.45, 2.75) is 12.6 Å². The first-order valence-electron chi connectivity index (χ1n) is 6.24. The van der Waals surface area contributed by atoms with E-state index in [1.54, 1.807) is 0 Å². The quantitative estimate of drug-likeness (QED) is 0.856. The Kier molecular flexibility index (Phi) is 3.01. The van der Waals surface area contributed by atoms with Crippen LogP contribution in [-0.2, 0) is 6.42 Å². The van der Waals surface area contributed by atoms with Gasteiger partial charge in [-0.15, -0.1) is 0 Å². The van der Waals surface area contributed by atoms with Crippen LogP contribution in [0.3, 0.4) is 0 Å². The second-order valence-electron chi connectivity index (χ2n) is 4.48. The van der Waals surface area contributed by atoms with Crippen molar-refractivity contribution < 1.29 is 0 Å². The molecule has 0 aliphatic carbocycles. The summed E-state index contributed by atoms with van der Waals surface area (Å²) in [6, 6.07) is 20.9. The first kappa shape index (κ1) is 10.9. The van der Waals surface area contributed by atoms with E-state index < -0.39 is 0 Å². The number of rotatable bonds is 3. The molecule has 0 aromatic heterocycles. The fourth-order valence-corrected chi connectivity index (χ4v) is 2.20. The Morgan fingerprint density at radius 3 is 2.22 bits per heavy atom. The van der Waals surface area contributed by atoms with Crippen LogP contribution < -0.4 is 10.6 Å². The summed E-state index contributed by atoms with van der Waals surface area (Å²) in [5.74, 6) is 0. The van der Waals surface area contributed by atoms with Gasteiger partial charge < -0.3 is 10.6 Å². The first-order chi connectivity index (χ1) is 8.92. The highest BCUT2D eigenvalue weighted by molar-refractivity contribution is 5.65. The Morgan fingerprint density at radius 1 is 0.833 bits per heavy atom. The zero-order chi connectivity index (χ0) is 12.2. The molecule has 3 rings (SSSR count). The summed E-state index contributed by atoms with van der Waals surface area (Å²) in [6.45, 7) is 0. The third-order valence-electron chi connectivity index (χ3n) is 3.13. The molecule has 0 saturated heterocycles. The van der Waals surface area contributed by atoms with E-state index in [4.69, 9.17) is 0 Å². The highest BCUT2D eigenvalue weighted by Crippen LogP contribution is 2.15. The molecule has 1 atom stereocenters. The van der Waals surface area contributed by atoms with Crippen molar-refractivity contribution in [3.63, 3.8) is 0 Å². The molecule has 0 radical (unpaired) electrons. The van der Waals surface area contributed by atoms with Crippen LogP contribution in [-0.4, -0.2) is 6.17 Å². The summed E-state index contributed by atoms with van der Waals surface area (Å²) < 4.78 is 0. The molecule has 0 amide bonds. The largest absolute Gasteiger partial charge is 0.369 e. The van der Waals surface area contributed by atoms with Crippen LogP contribution in [0.1, 0.15) is 11.1 Å². The molecule has 1 aliphatic heterocycles. The molecule has 1 heterocycles. The summed E-state index contributed by atoms with van der Waals surface area (Å²) in [6.07, 6.45) is 3.32. The molecule has 0 bridgehead atoms. The van der Waals surface area contributed by atoms with E-state index in [0.29, 0.717) is 0 Å². The lowest BCUT2D eigenvalue weighted by Crippen LogP contribution is -2.33. The van der Waals surface area contributed by atoms with E-state index in [1.807, 2.05) is 12.1 Å². The third kappa shape index (κ3) is 2.38. The van der Waals surface area contributed by atoms with Crippen LogP contribution in [0.5, 0.6) is 0 Å². The van der Waals surface area contributed by atoms with Gasteiger partial charge in [-0.3, -0.25) is 0 Å². The van der Waals surface area contributed by atoms with E-state index in [9.17, 15) is 0 Å². The van der Waals surface area contributed by atoms with Crippen LogP contribution in [0.25, 0.3) is 5.70 Å². The minimum absolute atomic E-state index is 0.280. The summed E-state index contributed by atoms with van der Waals surface area (Å²) >= 11 is 0. The zero-order valence-electron chi connectivity index (χ0n) is 10.1.